The first-order chi connectivity index (χ1) is 8.58. The van der Waals surface area contributed by atoms with Crippen LogP contribution in [0, 0.1) is 0 Å². The molecule has 18 heavy (non-hydrogen) atoms. The van der Waals surface area contributed by atoms with Gasteiger partial charge in [-0.25, -0.2) is 4.98 Å². The van der Waals surface area contributed by atoms with Crippen LogP contribution in [-0.4, -0.2) is 27.9 Å². The Morgan fingerprint density at radius 1 is 1.50 bits per heavy atom. The van der Waals surface area contributed by atoms with Crippen LogP contribution in [0.5, 0.6) is 5.75 Å². The van der Waals surface area contributed by atoms with E-state index in [-0.39, 0.29) is 11.7 Å². The van der Waals surface area contributed by atoms with Crippen LogP contribution in [0.4, 0.5) is 5.13 Å². The van der Waals surface area contributed by atoms with Gasteiger partial charge >= 0.3 is 0 Å². The molecule has 0 radical (unpaired) electrons. The molecule has 0 fully saturated rings. The van der Waals surface area contributed by atoms with E-state index in [1.807, 2.05) is 6.07 Å². The summed E-state index contributed by atoms with van der Waals surface area (Å²) < 4.78 is 0. The highest BCUT2D eigenvalue weighted by molar-refractivity contribution is 7.13. The number of hydrogen-bond acceptors (Lipinski definition) is 5. The number of aromatic hydroxyl groups is 1. The average Bonchev–Trinajstić information content (AvgIpc) is 2.78. The first-order valence-electron chi connectivity index (χ1n) is 5.31. The minimum atomic E-state index is -0.216. The molecule has 0 aliphatic carbocycles. The van der Waals surface area contributed by atoms with Gasteiger partial charge in [0.05, 0.1) is 0 Å². The van der Waals surface area contributed by atoms with Crippen molar-refractivity contribution in [1.29, 1.82) is 0 Å². The van der Waals surface area contributed by atoms with Gasteiger partial charge in [-0.3, -0.25) is 4.79 Å². The van der Waals surface area contributed by atoms with Crippen LogP contribution in [-0.2, 0) is 6.54 Å². The van der Waals surface area contributed by atoms with Crippen molar-refractivity contribution < 1.29 is 9.90 Å². The molecule has 0 saturated carbocycles. The molecule has 1 aromatic carbocycles. The van der Waals surface area contributed by atoms with Crippen molar-refractivity contribution in [1.82, 2.24) is 9.88 Å². The van der Waals surface area contributed by atoms with Gasteiger partial charge in [-0.2, -0.15) is 0 Å². The largest absolute Gasteiger partial charge is 0.508 e. The van der Waals surface area contributed by atoms with Gasteiger partial charge < -0.3 is 15.7 Å². The van der Waals surface area contributed by atoms with Gasteiger partial charge in [-0.1, -0.05) is 18.2 Å². The molecule has 1 amide bonds. The molecule has 94 valence electrons. The molecule has 0 atom stereocenters. The maximum Gasteiger partial charge on any atom is 0.273 e. The molecule has 0 spiro atoms. The molecule has 2 rings (SSSR count). The number of phenols is 1. The van der Waals surface area contributed by atoms with Crippen LogP contribution < -0.4 is 5.73 Å². The molecular weight excluding hydrogens is 250 g/mol. The highest BCUT2D eigenvalue weighted by Gasteiger charge is 2.16. The summed E-state index contributed by atoms with van der Waals surface area (Å²) >= 11 is 1.23. The molecule has 2 aromatic rings. The smallest absolute Gasteiger partial charge is 0.273 e. The van der Waals surface area contributed by atoms with E-state index in [9.17, 15) is 9.90 Å². The van der Waals surface area contributed by atoms with E-state index in [2.05, 4.69) is 4.98 Å². The molecule has 3 N–H and O–H groups in total. The number of anilines is 1. The summed E-state index contributed by atoms with van der Waals surface area (Å²) in [5.41, 5.74) is 6.51. The van der Waals surface area contributed by atoms with Crippen molar-refractivity contribution in [3.63, 3.8) is 0 Å². The number of para-hydroxylation sites is 1. The topological polar surface area (TPSA) is 79.5 Å². The van der Waals surface area contributed by atoms with E-state index in [4.69, 9.17) is 5.73 Å². The molecule has 0 aliphatic rings. The summed E-state index contributed by atoms with van der Waals surface area (Å²) in [6, 6.07) is 6.92. The van der Waals surface area contributed by atoms with Crippen molar-refractivity contribution in [2.24, 2.45) is 0 Å². The maximum absolute atomic E-state index is 12.0. The quantitative estimate of drug-likeness (QED) is 0.883. The lowest BCUT2D eigenvalue weighted by Gasteiger charge is -2.16. The van der Waals surface area contributed by atoms with E-state index in [0.717, 1.165) is 0 Å². The summed E-state index contributed by atoms with van der Waals surface area (Å²) in [6.45, 7) is 0.322. The van der Waals surface area contributed by atoms with Crippen molar-refractivity contribution in [3.8, 4) is 5.75 Å². The molecule has 0 unspecified atom stereocenters. The highest BCUT2D eigenvalue weighted by atomic mass is 32.1. The number of nitrogens with zero attached hydrogens (tertiary/aromatic N) is 2. The third-order valence-corrected chi connectivity index (χ3v) is 3.16. The average molecular weight is 263 g/mol. The number of carbonyl (C=O) groups is 1. The number of benzene rings is 1. The molecule has 1 aromatic heterocycles. The summed E-state index contributed by atoms with van der Waals surface area (Å²) in [4.78, 5) is 17.4. The van der Waals surface area contributed by atoms with Gasteiger partial charge in [0, 0.05) is 24.5 Å². The summed E-state index contributed by atoms with van der Waals surface area (Å²) in [7, 11) is 1.66. The van der Waals surface area contributed by atoms with E-state index in [1.165, 1.54) is 16.2 Å². The molecule has 0 bridgehead atoms. The predicted molar refractivity (Wildman–Crippen MR) is 70.4 cm³/mol. The summed E-state index contributed by atoms with van der Waals surface area (Å²) in [5, 5.41) is 11.6. The first kappa shape index (κ1) is 12.4. The Morgan fingerprint density at radius 2 is 2.22 bits per heavy atom. The van der Waals surface area contributed by atoms with E-state index in [0.29, 0.717) is 22.9 Å². The van der Waals surface area contributed by atoms with Crippen LogP contribution in [0.1, 0.15) is 16.1 Å². The van der Waals surface area contributed by atoms with Crippen LogP contribution >= 0.6 is 11.3 Å². The second-order valence-electron chi connectivity index (χ2n) is 3.86. The fourth-order valence-electron chi connectivity index (χ4n) is 1.55. The fourth-order valence-corrected chi connectivity index (χ4v) is 2.09. The zero-order valence-electron chi connectivity index (χ0n) is 9.83. The molecule has 6 heteroatoms. The SMILES string of the molecule is CN(Cc1ccccc1O)C(=O)c1csc(N)n1. The number of nitrogens with two attached hydrogens (primary N) is 1. The van der Waals surface area contributed by atoms with E-state index >= 15 is 0 Å². The minimum Gasteiger partial charge on any atom is -0.508 e. The number of carbonyl (C=O) groups excluding carboxylic acids is 1. The van der Waals surface area contributed by atoms with Crippen LogP contribution in [0.15, 0.2) is 29.6 Å². The highest BCUT2D eigenvalue weighted by Crippen LogP contribution is 2.19. The van der Waals surface area contributed by atoms with E-state index in [1.54, 1.807) is 30.6 Å². The molecular formula is C12H13N3O2S. The number of thiazole rings is 1. The van der Waals surface area contributed by atoms with Crippen molar-refractivity contribution in [2.75, 3.05) is 12.8 Å². The number of phenolic OH excluding ortho intramolecular Hbond substituents is 1. The Bertz CT molecular complexity index is 568. The first-order valence-corrected chi connectivity index (χ1v) is 6.19. The number of amides is 1. The van der Waals surface area contributed by atoms with Gasteiger partial charge in [-0.15, -0.1) is 11.3 Å². The number of rotatable bonds is 3. The second-order valence-corrected chi connectivity index (χ2v) is 4.75. The molecule has 0 aliphatic heterocycles. The van der Waals surface area contributed by atoms with Gasteiger partial charge in [0.1, 0.15) is 11.4 Å². The zero-order chi connectivity index (χ0) is 13.1. The van der Waals surface area contributed by atoms with Crippen LogP contribution in [0.2, 0.25) is 0 Å². The number of aromatic nitrogens is 1. The van der Waals surface area contributed by atoms with Gasteiger partial charge in [0.15, 0.2) is 5.13 Å². The lowest BCUT2D eigenvalue weighted by molar-refractivity contribution is 0.0779. The second kappa shape index (κ2) is 5.05. The predicted octanol–water partition coefficient (Wildman–Crippen LogP) is 1.70. The molecule has 1 heterocycles. The normalized spacial score (nSPS) is 10.3. The Labute approximate surface area is 108 Å². The fraction of sp³-hybridized carbons (Fsp3) is 0.167. The van der Waals surface area contributed by atoms with Crippen molar-refractivity contribution >= 4 is 22.4 Å². The monoisotopic (exact) mass is 263 g/mol. The number of nitrogen functional groups attached to an aromatic ring is 1. The van der Waals surface area contributed by atoms with Gasteiger partial charge in [0.2, 0.25) is 0 Å². The Morgan fingerprint density at radius 3 is 2.83 bits per heavy atom. The van der Waals surface area contributed by atoms with Crippen molar-refractivity contribution in [3.05, 3.63) is 40.9 Å². The number of hydrogen-bond donors (Lipinski definition) is 2. The zero-order valence-corrected chi connectivity index (χ0v) is 10.6. The third kappa shape index (κ3) is 2.60. The Hall–Kier alpha value is -2.08. The van der Waals surface area contributed by atoms with Gasteiger partial charge in [0.25, 0.3) is 5.91 Å². The van der Waals surface area contributed by atoms with Crippen LogP contribution in [0.25, 0.3) is 0 Å². The molecule has 5 nitrogen and oxygen atoms in total. The van der Waals surface area contributed by atoms with Crippen molar-refractivity contribution in [2.45, 2.75) is 6.54 Å². The maximum atomic E-state index is 12.0. The van der Waals surface area contributed by atoms with E-state index < -0.39 is 0 Å². The van der Waals surface area contributed by atoms with Crippen LogP contribution in [0.3, 0.4) is 0 Å². The lowest BCUT2D eigenvalue weighted by Crippen LogP contribution is -2.26. The third-order valence-electron chi connectivity index (χ3n) is 2.49. The standard InChI is InChI=1S/C12H13N3O2S/c1-15(6-8-4-2-3-5-10(8)16)11(17)9-7-18-12(13)14-9/h2-5,7,16H,6H2,1H3,(H2,13,14). The molecule has 0 saturated heterocycles. The minimum absolute atomic E-state index is 0.176. The Balaban J connectivity index is 2.11. The van der Waals surface area contributed by atoms with Gasteiger partial charge in [-0.05, 0) is 6.07 Å². The summed E-state index contributed by atoms with van der Waals surface area (Å²) in [5.74, 6) is -0.0406. The summed E-state index contributed by atoms with van der Waals surface area (Å²) in [6.07, 6.45) is 0. The lowest BCUT2D eigenvalue weighted by atomic mass is 10.2. The Kier molecular flexibility index (Phi) is 3.47.